The van der Waals surface area contributed by atoms with Crippen LogP contribution in [0.4, 0.5) is 0 Å². The van der Waals surface area contributed by atoms with Crippen LogP contribution in [0.25, 0.3) is 0 Å². The summed E-state index contributed by atoms with van der Waals surface area (Å²) >= 11 is 0. The lowest BCUT2D eigenvalue weighted by atomic mass is 10.2. The van der Waals surface area contributed by atoms with E-state index in [1.165, 1.54) is 0 Å². The van der Waals surface area contributed by atoms with Crippen molar-refractivity contribution in [2.75, 3.05) is 0 Å². The maximum Gasteiger partial charge on any atom is 0.328 e. The number of esters is 1. The number of carbonyl (C=O) groups is 1. The maximum atomic E-state index is 11.1. The van der Waals surface area contributed by atoms with Crippen molar-refractivity contribution in [1.29, 1.82) is 5.26 Å². The Labute approximate surface area is 81.9 Å². The number of nitriles is 1. The van der Waals surface area contributed by atoms with E-state index in [4.69, 9.17) is 15.7 Å². The normalized spacial score (nSPS) is 11.5. The average Bonchev–Trinajstić information content (AvgIpc) is 2.19. The molecule has 1 atom stereocenters. The van der Waals surface area contributed by atoms with E-state index >= 15 is 0 Å². The number of hydrogen-bond acceptors (Lipinski definition) is 4. The van der Waals surface area contributed by atoms with E-state index in [1.807, 2.05) is 6.07 Å². The second-order valence-corrected chi connectivity index (χ2v) is 2.85. The number of ether oxygens (including phenoxy) is 1. The van der Waals surface area contributed by atoms with Crippen molar-refractivity contribution in [2.45, 2.75) is 13.0 Å². The first-order valence-corrected chi connectivity index (χ1v) is 4.11. The monoisotopic (exact) mass is 190 g/mol. The molecule has 0 saturated carbocycles. The molecule has 0 aliphatic heterocycles. The lowest BCUT2D eigenvalue weighted by molar-refractivity contribution is -0.135. The molecule has 4 nitrogen and oxygen atoms in total. The summed E-state index contributed by atoms with van der Waals surface area (Å²) in [5.41, 5.74) is 5.83. The van der Waals surface area contributed by atoms with Gasteiger partial charge in [-0.2, -0.15) is 5.26 Å². The molecule has 0 aliphatic rings. The summed E-state index contributed by atoms with van der Waals surface area (Å²) in [5, 5.41) is 8.52. The Morgan fingerprint density at radius 1 is 1.50 bits per heavy atom. The van der Waals surface area contributed by atoms with Gasteiger partial charge in [-0.1, -0.05) is 0 Å². The third-order valence-electron chi connectivity index (χ3n) is 1.57. The molecule has 1 aromatic carbocycles. The lowest BCUT2D eigenvalue weighted by Gasteiger charge is -2.05. The highest BCUT2D eigenvalue weighted by Gasteiger charge is 2.09. The first-order valence-electron chi connectivity index (χ1n) is 4.11. The van der Waals surface area contributed by atoms with E-state index in [0.717, 1.165) is 0 Å². The fraction of sp³-hybridized carbons (Fsp3) is 0.200. The van der Waals surface area contributed by atoms with Crippen molar-refractivity contribution in [3.63, 3.8) is 0 Å². The Morgan fingerprint density at radius 3 is 2.50 bits per heavy atom. The SMILES string of the molecule is C[C@H](N)C(=O)Oc1ccc(C#N)cc1. The van der Waals surface area contributed by atoms with Crippen LogP contribution in [-0.2, 0) is 4.79 Å². The molecule has 0 aromatic heterocycles. The van der Waals surface area contributed by atoms with E-state index in [0.29, 0.717) is 11.3 Å². The molecule has 0 aliphatic carbocycles. The number of hydrogen-bond donors (Lipinski definition) is 1. The van der Waals surface area contributed by atoms with Crippen LogP contribution in [-0.4, -0.2) is 12.0 Å². The van der Waals surface area contributed by atoms with E-state index < -0.39 is 12.0 Å². The summed E-state index contributed by atoms with van der Waals surface area (Å²) in [6.07, 6.45) is 0. The Kier molecular flexibility index (Phi) is 3.21. The summed E-state index contributed by atoms with van der Waals surface area (Å²) in [4.78, 5) is 11.1. The maximum absolute atomic E-state index is 11.1. The van der Waals surface area contributed by atoms with Gasteiger partial charge in [0, 0.05) is 0 Å². The van der Waals surface area contributed by atoms with Crippen molar-refractivity contribution in [3.8, 4) is 11.8 Å². The zero-order chi connectivity index (χ0) is 10.6. The summed E-state index contributed by atoms with van der Waals surface area (Å²) in [7, 11) is 0. The van der Waals surface area contributed by atoms with Gasteiger partial charge in [0.15, 0.2) is 0 Å². The quantitative estimate of drug-likeness (QED) is 0.553. The molecule has 1 aromatic rings. The van der Waals surface area contributed by atoms with E-state index in [9.17, 15) is 4.79 Å². The van der Waals surface area contributed by atoms with Crippen molar-refractivity contribution in [3.05, 3.63) is 29.8 Å². The zero-order valence-corrected chi connectivity index (χ0v) is 7.73. The number of rotatable bonds is 2. The standard InChI is InChI=1S/C10H10N2O2/c1-7(12)10(13)14-9-4-2-8(6-11)3-5-9/h2-5,7H,12H2,1H3/t7-/m0/s1. The number of nitrogens with two attached hydrogens (primary N) is 1. The fourth-order valence-corrected chi connectivity index (χ4v) is 0.807. The first-order chi connectivity index (χ1) is 6.63. The second kappa shape index (κ2) is 4.40. The highest BCUT2D eigenvalue weighted by molar-refractivity contribution is 5.77. The smallest absolute Gasteiger partial charge is 0.328 e. The largest absolute Gasteiger partial charge is 0.425 e. The van der Waals surface area contributed by atoms with Crippen molar-refractivity contribution in [1.82, 2.24) is 0 Å². The molecule has 4 heteroatoms. The van der Waals surface area contributed by atoms with Crippen LogP contribution in [0.2, 0.25) is 0 Å². The first kappa shape index (κ1) is 10.2. The second-order valence-electron chi connectivity index (χ2n) is 2.85. The van der Waals surface area contributed by atoms with Crippen LogP contribution >= 0.6 is 0 Å². The minimum atomic E-state index is -0.648. The molecule has 72 valence electrons. The van der Waals surface area contributed by atoms with Crippen molar-refractivity contribution in [2.24, 2.45) is 5.73 Å². The van der Waals surface area contributed by atoms with E-state index in [-0.39, 0.29) is 0 Å². The molecular weight excluding hydrogens is 180 g/mol. The molecule has 14 heavy (non-hydrogen) atoms. The Morgan fingerprint density at radius 2 is 2.07 bits per heavy atom. The fourth-order valence-electron chi connectivity index (χ4n) is 0.807. The lowest BCUT2D eigenvalue weighted by Crippen LogP contribution is -2.30. The molecule has 0 bridgehead atoms. The molecule has 0 radical (unpaired) electrons. The van der Waals surface area contributed by atoms with Crippen LogP contribution in [0, 0.1) is 11.3 Å². The Hall–Kier alpha value is -1.86. The summed E-state index contributed by atoms with van der Waals surface area (Å²) in [6.45, 7) is 1.55. The molecule has 0 spiro atoms. The molecule has 0 fully saturated rings. The Balaban J connectivity index is 2.70. The molecule has 1 rings (SSSR count). The predicted octanol–water partition coefficient (Wildman–Crippen LogP) is 0.811. The molecule has 0 amide bonds. The summed E-state index contributed by atoms with van der Waals surface area (Å²) in [5.74, 6) is -0.0963. The van der Waals surface area contributed by atoms with Gasteiger partial charge in [0.05, 0.1) is 11.6 Å². The van der Waals surface area contributed by atoms with Crippen LogP contribution in [0.1, 0.15) is 12.5 Å². The Bertz CT molecular complexity index is 363. The molecular formula is C10H10N2O2. The minimum absolute atomic E-state index is 0.395. The van der Waals surface area contributed by atoms with E-state index in [1.54, 1.807) is 31.2 Å². The van der Waals surface area contributed by atoms with Crippen LogP contribution in [0.3, 0.4) is 0 Å². The third-order valence-corrected chi connectivity index (χ3v) is 1.57. The molecule has 2 N–H and O–H groups in total. The highest BCUT2D eigenvalue weighted by atomic mass is 16.5. The van der Waals surface area contributed by atoms with Crippen molar-refractivity contribution < 1.29 is 9.53 Å². The highest BCUT2D eigenvalue weighted by Crippen LogP contribution is 2.11. The van der Waals surface area contributed by atoms with Crippen LogP contribution in [0.5, 0.6) is 5.75 Å². The van der Waals surface area contributed by atoms with Gasteiger partial charge in [-0.3, -0.25) is 0 Å². The minimum Gasteiger partial charge on any atom is -0.425 e. The molecule has 0 saturated heterocycles. The van der Waals surface area contributed by atoms with Gasteiger partial charge >= 0.3 is 5.97 Å². The number of carbonyl (C=O) groups excluding carboxylic acids is 1. The van der Waals surface area contributed by atoms with Gasteiger partial charge < -0.3 is 10.5 Å². The summed E-state index contributed by atoms with van der Waals surface area (Å²) in [6, 6.07) is 7.57. The number of nitrogens with zero attached hydrogens (tertiary/aromatic N) is 1. The van der Waals surface area contributed by atoms with Crippen LogP contribution in [0.15, 0.2) is 24.3 Å². The zero-order valence-electron chi connectivity index (χ0n) is 7.73. The van der Waals surface area contributed by atoms with Gasteiger partial charge in [0.2, 0.25) is 0 Å². The average molecular weight is 190 g/mol. The van der Waals surface area contributed by atoms with E-state index in [2.05, 4.69) is 0 Å². The van der Waals surface area contributed by atoms with Gasteiger partial charge in [-0.15, -0.1) is 0 Å². The summed E-state index contributed by atoms with van der Waals surface area (Å²) < 4.78 is 4.90. The van der Waals surface area contributed by atoms with Gasteiger partial charge in [-0.25, -0.2) is 4.79 Å². The van der Waals surface area contributed by atoms with Crippen molar-refractivity contribution >= 4 is 5.97 Å². The molecule has 0 heterocycles. The van der Waals surface area contributed by atoms with Gasteiger partial charge in [-0.05, 0) is 31.2 Å². The third kappa shape index (κ3) is 2.57. The topological polar surface area (TPSA) is 76.1 Å². The predicted molar refractivity (Wildman–Crippen MR) is 50.4 cm³/mol. The molecule has 0 unspecified atom stereocenters. The van der Waals surface area contributed by atoms with Crippen LogP contribution < -0.4 is 10.5 Å². The number of benzene rings is 1. The van der Waals surface area contributed by atoms with Gasteiger partial charge in [0.25, 0.3) is 0 Å². The van der Waals surface area contributed by atoms with Gasteiger partial charge in [0.1, 0.15) is 11.8 Å².